The number of ether oxygens (including phenoxy) is 2. The normalized spacial score (nSPS) is 26.0. The minimum absolute atomic E-state index is 0.135. The molecule has 0 amide bonds. The van der Waals surface area contributed by atoms with Crippen molar-refractivity contribution in [1.82, 2.24) is 0 Å². The van der Waals surface area contributed by atoms with Gasteiger partial charge in [-0.1, -0.05) is 19.1 Å². The summed E-state index contributed by atoms with van der Waals surface area (Å²) < 4.78 is 10.8. The second-order valence-electron chi connectivity index (χ2n) is 7.05. The third-order valence-electron chi connectivity index (χ3n) is 5.18. The second kappa shape index (κ2) is 6.91. The summed E-state index contributed by atoms with van der Waals surface area (Å²) in [6.07, 6.45) is 3.89. The molecule has 2 fully saturated rings. The molecule has 2 aliphatic carbocycles. The number of hydrogen-bond acceptors (Lipinski definition) is 4. The lowest BCUT2D eigenvalue weighted by atomic mass is 9.83. The summed E-state index contributed by atoms with van der Waals surface area (Å²) in [6.45, 7) is 2.61. The number of rotatable bonds is 7. The average Bonchev–Trinajstić information content (AvgIpc) is 3.35. The van der Waals surface area contributed by atoms with Gasteiger partial charge in [0, 0.05) is 0 Å². The van der Waals surface area contributed by atoms with Crippen molar-refractivity contribution in [2.24, 2.45) is 17.8 Å². The van der Waals surface area contributed by atoms with E-state index in [4.69, 9.17) is 9.47 Å². The number of aliphatic hydroxyl groups excluding tert-OH is 1. The Hall–Kier alpha value is -1.55. The number of carbonyl (C=O) groups is 1. The molecule has 4 heteroatoms. The second-order valence-corrected chi connectivity index (χ2v) is 7.05. The van der Waals surface area contributed by atoms with Crippen LogP contribution in [0.4, 0.5) is 0 Å². The van der Waals surface area contributed by atoms with E-state index in [9.17, 15) is 9.90 Å². The summed E-state index contributed by atoms with van der Waals surface area (Å²) in [5, 5.41) is 9.34. The van der Waals surface area contributed by atoms with Crippen LogP contribution in [0.2, 0.25) is 0 Å². The molecule has 2 atom stereocenters. The summed E-state index contributed by atoms with van der Waals surface area (Å²) in [6, 6.07) is 8.12. The maximum atomic E-state index is 12.0. The molecule has 0 aliphatic heterocycles. The van der Waals surface area contributed by atoms with Crippen LogP contribution in [0.25, 0.3) is 0 Å². The summed E-state index contributed by atoms with van der Waals surface area (Å²) in [5.74, 6) is 1.81. The number of methoxy groups -OCH3 is 1. The molecular formula is C19H26O4. The van der Waals surface area contributed by atoms with Crippen molar-refractivity contribution in [3.63, 3.8) is 0 Å². The molecule has 23 heavy (non-hydrogen) atoms. The number of aliphatic hydroxyl groups is 1. The molecule has 3 rings (SSSR count). The van der Waals surface area contributed by atoms with E-state index in [-0.39, 0.29) is 23.9 Å². The highest BCUT2D eigenvalue weighted by molar-refractivity contribution is 5.73. The molecule has 4 nitrogen and oxygen atoms in total. The summed E-state index contributed by atoms with van der Waals surface area (Å²) in [4.78, 5) is 12.0. The molecule has 0 saturated heterocycles. The van der Waals surface area contributed by atoms with Crippen molar-refractivity contribution in [2.75, 3.05) is 13.7 Å². The fraction of sp³-hybridized carbons (Fsp3) is 0.632. The first-order chi connectivity index (χ1) is 11.1. The molecule has 0 aromatic heterocycles. The van der Waals surface area contributed by atoms with Gasteiger partial charge in [0.05, 0.1) is 25.7 Å². The fourth-order valence-corrected chi connectivity index (χ4v) is 3.62. The van der Waals surface area contributed by atoms with Crippen LogP contribution in [0.3, 0.4) is 0 Å². The largest absolute Gasteiger partial charge is 0.493 e. The lowest BCUT2D eigenvalue weighted by Gasteiger charge is -2.31. The van der Waals surface area contributed by atoms with E-state index < -0.39 is 0 Å². The number of hydrogen-bond donors (Lipinski definition) is 1. The third kappa shape index (κ3) is 3.86. The zero-order valence-electron chi connectivity index (χ0n) is 13.9. The van der Waals surface area contributed by atoms with Gasteiger partial charge in [0.2, 0.25) is 0 Å². The first kappa shape index (κ1) is 16.3. The Morgan fingerprint density at radius 3 is 2.70 bits per heavy atom. The first-order valence-electron chi connectivity index (χ1n) is 8.57. The van der Waals surface area contributed by atoms with Crippen molar-refractivity contribution < 1.29 is 19.4 Å². The quantitative estimate of drug-likeness (QED) is 0.785. The molecule has 0 bridgehead atoms. The summed E-state index contributed by atoms with van der Waals surface area (Å²) in [7, 11) is 1.45. The number of esters is 1. The summed E-state index contributed by atoms with van der Waals surface area (Å²) in [5.41, 5.74) is 1.16. The van der Waals surface area contributed by atoms with Crippen LogP contribution in [0.1, 0.15) is 44.1 Å². The Bertz CT molecular complexity index is 546. The van der Waals surface area contributed by atoms with Gasteiger partial charge in [0.15, 0.2) is 0 Å². The van der Waals surface area contributed by atoms with Crippen LogP contribution in [0.15, 0.2) is 24.3 Å². The van der Waals surface area contributed by atoms with Gasteiger partial charge in [-0.15, -0.1) is 0 Å². The van der Waals surface area contributed by atoms with Crippen molar-refractivity contribution >= 4 is 5.97 Å². The maximum Gasteiger partial charge on any atom is 0.309 e. The molecule has 0 heterocycles. The van der Waals surface area contributed by atoms with Crippen LogP contribution in [0, 0.1) is 17.8 Å². The van der Waals surface area contributed by atoms with Crippen LogP contribution in [-0.4, -0.2) is 30.9 Å². The third-order valence-corrected chi connectivity index (χ3v) is 5.18. The van der Waals surface area contributed by atoms with E-state index in [0.29, 0.717) is 18.4 Å². The predicted molar refractivity (Wildman–Crippen MR) is 87.3 cm³/mol. The average molecular weight is 318 g/mol. The van der Waals surface area contributed by atoms with Crippen molar-refractivity contribution in [3.05, 3.63) is 29.8 Å². The SMILES string of the molecule is COC(=O)[C@@H](C)[C@H](c1cccc(OCC2CC(O)C2)c1)C1CC1. The van der Waals surface area contributed by atoms with E-state index in [1.807, 2.05) is 19.1 Å². The molecule has 0 spiro atoms. The topological polar surface area (TPSA) is 55.8 Å². The van der Waals surface area contributed by atoms with Gasteiger partial charge in [-0.05, 0) is 61.1 Å². The van der Waals surface area contributed by atoms with E-state index >= 15 is 0 Å². The highest BCUT2D eigenvalue weighted by atomic mass is 16.5. The molecule has 2 aliphatic rings. The van der Waals surface area contributed by atoms with Gasteiger partial charge < -0.3 is 14.6 Å². The van der Waals surface area contributed by atoms with Gasteiger partial charge >= 0.3 is 5.97 Å². The maximum absolute atomic E-state index is 12.0. The van der Waals surface area contributed by atoms with Crippen LogP contribution >= 0.6 is 0 Å². The zero-order valence-corrected chi connectivity index (χ0v) is 13.9. The highest BCUT2D eigenvalue weighted by Crippen LogP contribution is 2.47. The van der Waals surface area contributed by atoms with E-state index in [0.717, 1.165) is 24.2 Å². The van der Waals surface area contributed by atoms with Crippen molar-refractivity contribution in [1.29, 1.82) is 0 Å². The Morgan fingerprint density at radius 1 is 1.35 bits per heavy atom. The lowest BCUT2D eigenvalue weighted by molar-refractivity contribution is -0.145. The van der Waals surface area contributed by atoms with Gasteiger partial charge in [-0.3, -0.25) is 4.79 Å². The molecule has 0 unspecified atom stereocenters. The van der Waals surface area contributed by atoms with Gasteiger partial charge in [-0.2, -0.15) is 0 Å². The number of benzene rings is 1. The van der Waals surface area contributed by atoms with E-state index in [2.05, 4.69) is 12.1 Å². The van der Waals surface area contributed by atoms with Gasteiger partial charge in [0.25, 0.3) is 0 Å². The molecular weight excluding hydrogens is 292 g/mol. The van der Waals surface area contributed by atoms with Crippen LogP contribution in [0.5, 0.6) is 5.75 Å². The highest BCUT2D eigenvalue weighted by Gasteiger charge is 2.39. The molecule has 126 valence electrons. The number of carbonyl (C=O) groups excluding carboxylic acids is 1. The summed E-state index contributed by atoms with van der Waals surface area (Å²) >= 11 is 0. The van der Waals surface area contributed by atoms with Gasteiger partial charge in [-0.25, -0.2) is 0 Å². The monoisotopic (exact) mass is 318 g/mol. The predicted octanol–water partition coefficient (Wildman–Crippen LogP) is 3.14. The molecule has 1 N–H and O–H groups in total. The lowest BCUT2D eigenvalue weighted by Crippen LogP contribution is -2.32. The van der Waals surface area contributed by atoms with Crippen molar-refractivity contribution in [2.45, 2.75) is 44.6 Å². The van der Waals surface area contributed by atoms with Gasteiger partial charge in [0.1, 0.15) is 5.75 Å². The van der Waals surface area contributed by atoms with E-state index in [1.165, 1.54) is 20.0 Å². The molecule has 2 saturated carbocycles. The Morgan fingerprint density at radius 2 is 2.09 bits per heavy atom. The fourth-order valence-electron chi connectivity index (χ4n) is 3.62. The minimum atomic E-state index is -0.143. The Labute approximate surface area is 137 Å². The standard InChI is InChI=1S/C19H26O4/c1-12(19(21)22-2)18(14-6-7-14)15-4-3-5-17(10-15)23-11-13-8-16(20)9-13/h3-5,10,12-14,16,18,20H,6-9,11H2,1-2H3/t12-,13?,16?,18-/m0/s1. The smallest absolute Gasteiger partial charge is 0.309 e. The minimum Gasteiger partial charge on any atom is -0.493 e. The molecule has 1 aromatic carbocycles. The molecule has 0 radical (unpaired) electrons. The Balaban J connectivity index is 1.67. The van der Waals surface area contributed by atoms with Crippen molar-refractivity contribution in [3.8, 4) is 5.75 Å². The zero-order chi connectivity index (χ0) is 16.4. The van der Waals surface area contributed by atoms with Crippen LogP contribution < -0.4 is 4.74 Å². The molecule has 1 aromatic rings. The van der Waals surface area contributed by atoms with Crippen LogP contribution in [-0.2, 0) is 9.53 Å². The Kier molecular flexibility index (Phi) is 4.90. The first-order valence-corrected chi connectivity index (χ1v) is 8.57. The van der Waals surface area contributed by atoms with E-state index in [1.54, 1.807) is 0 Å².